The fraction of sp³-hybridized carbons (Fsp3) is 0.375. The van der Waals surface area contributed by atoms with Crippen LogP contribution in [0.2, 0.25) is 0 Å². The molecule has 5 nitrogen and oxygen atoms in total. The van der Waals surface area contributed by atoms with Crippen molar-refractivity contribution in [2.24, 2.45) is 5.92 Å². The summed E-state index contributed by atoms with van der Waals surface area (Å²) in [6.45, 7) is 4.30. The molecular weight excluding hydrogens is 300 g/mol. The van der Waals surface area contributed by atoms with Crippen LogP contribution in [0.15, 0.2) is 23.6 Å². The van der Waals surface area contributed by atoms with Crippen molar-refractivity contribution in [2.75, 3.05) is 12.1 Å². The molecule has 2 heterocycles. The molecule has 6 heteroatoms. The number of hydrogen-bond acceptors (Lipinski definition) is 5. The van der Waals surface area contributed by atoms with E-state index in [1.807, 2.05) is 37.4 Å². The predicted octanol–water partition coefficient (Wildman–Crippen LogP) is 3.91. The zero-order valence-corrected chi connectivity index (χ0v) is 13.4. The maximum absolute atomic E-state index is 12.1. The van der Waals surface area contributed by atoms with Crippen molar-refractivity contribution in [3.8, 4) is 22.8 Å². The summed E-state index contributed by atoms with van der Waals surface area (Å²) in [7, 11) is 0. The molecule has 0 atom stereocenters. The second kappa shape index (κ2) is 6.36. The van der Waals surface area contributed by atoms with Crippen LogP contribution in [0.1, 0.15) is 26.7 Å². The monoisotopic (exact) mass is 318 g/mol. The number of rotatable bonds is 5. The zero-order chi connectivity index (χ0) is 15.5. The summed E-state index contributed by atoms with van der Waals surface area (Å²) in [4.78, 5) is 16.6. The summed E-state index contributed by atoms with van der Waals surface area (Å²) in [5, 5.41) is 5.46. The molecule has 116 valence electrons. The van der Waals surface area contributed by atoms with Gasteiger partial charge in [-0.3, -0.25) is 4.79 Å². The average Bonchev–Trinajstić information content (AvgIpc) is 3.16. The molecule has 0 spiro atoms. The van der Waals surface area contributed by atoms with E-state index >= 15 is 0 Å². The van der Waals surface area contributed by atoms with Crippen molar-refractivity contribution in [3.63, 3.8) is 0 Å². The highest BCUT2D eigenvalue weighted by molar-refractivity contribution is 7.14. The van der Waals surface area contributed by atoms with Crippen LogP contribution >= 0.6 is 11.3 Å². The van der Waals surface area contributed by atoms with E-state index in [1.54, 1.807) is 0 Å². The first-order chi connectivity index (χ1) is 10.7. The smallest absolute Gasteiger partial charge is 0.231 e. The first-order valence-electron chi connectivity index (χ1n) is 7.37. The minimum atomic E-state index is 0.0385. The summed E-state index contributed by atoms with van der Waals surface area (Å²) in [5.74, 6) is 1.56. The highest BCUT2D eigenvalue weighted by atomic mass is 32.1. The quantitative estimate of drug-likeness (QED) is 0.908. The Morgan fingerprint density at radius 2 is 2.09 bits per heavy atom. The molecular formula is C16H18N2O3S. The van der Waals surface area contributed by atoms with Gasteiger partial charge < -0.3 is 14.8 Å². The lowest BCUT2D eigenvalue weighted by atomic mass is 10.0. The van der Waals surface area contributed by atoms with E-state index in [1.165, 1.54) is 11.3 Å². The minimum absolute atomic E-state index is 0.0385. The van der Waals surface area contributed by atoms with Crippen molar-refractivity contribution < 1.29 is 14.3 Å². The fourth-order valence-electron chi connectivity index (χ4n) is 2.39. The second-order valence-corrected chi connectivity index (χ2v) is 5.97. The third-order valence-corrected chi connectivity index (χ3v) is 4.52. The lowest BCUT2D eigenvalue weighted by Crippen LogP contribution is -2.21. The maximum Gasteiger partial charge on any atom is 0.231 e. The van der Waals surface area contributed by atoms with E-state index < -0.39 is 0 Å². The van der Waals surface area contributed by atoms with Gasteiger partial charge in [-0.1, -0.05) is 13.8 Å². The molecule has 1 aromatic heterocycles. The van der Waals surface area contributed by atoms with Crippen LogP contribution in [-0.2, 0) is 4.79 Å². The van der Waals surface area contributed by atoms with E-state index in [2.05, 4.69) is 10.3 Å². The van der Waals surface area contributed by atoms with Gasteiger partial charge in [0.2, 0.25) is 12.7 Å². The van der Waals surface area contributed by atoms with Gasteiger partial charge in [0.1, 0.15) is 0 Å². The van der Waals surface area contributed by atoms with Gasteiger partial charge in [-0.15, -0.1) is 11.3 Å². The summed E-state index contributed by atoms with van der Waals surface area (Å²) in [5.41, 5.74) is 1.77. The number of benzene rings is 1. The maximum atomic E-state index is 12.1. The molecule has 0 radical (unpaired) electrons. The molecule has 3 rings (SSSR count). The molecule has 0 bridgehead atoms. The standard InChI is InChI=1S/C16H18N2O3S/c1-3-10(4-2)15(19)18-16-17-12(8-22-16)11-5-6-13-14(7-11)21-9-20-13/h5-8,10H,3-4,9H2,1-2H3,(H,17,18,19). The number of carbonyl (C=O) groups is 1. The van der Waals surface area contributed by atoms with Crippen molar-refractivity contribution >= 4 is 22.4 Å². The number of hydrogen-bond donors (Lipinski definition) is 1. The molecule has 1 aliphatic rings. The van der Waals surface area contributed by atoms with Crippen LogP contribution in [0.3, 0.4) is 0 Å². The van der Waals surface area contributed by atoms with Crippen LogP contribution in [-0.4, -0.2) is 17.7 Å². The molecule has 1 aliphatic heterocycles. The van der Waals surface area contributed by atoms with Gasteiger partial charge in [0.15, 0.2) is 16.6 Å². The third-order valence-electron chi connectivity index (χ3n) is 3.76. The number of anilines is 1. The summed E-state index contributed by atoms with van der Waals surface area (Å²) in [6, 6.07) is 5.72. The largest absolute Gasteiger partial charge is 0.454 e. The summed E-state index contributed by atoms with van der Waals surface area (Å²) < 4.78 is 10.7. The van der Waals surface area contributed by atoms with Gasteiger partial charge >= 0.3 is 0 Å². The molecule has 2 aromatic rings. The number of ether oxygens (including phenoxy) is 2. The Morgan fingerprint density at radius 1 is 1.32 bits per heavy atom. The fourth-order valence-corrected chi connectivity index (χ4v) is 3.11. The number of carbonyl (C=O) groups excluding carboxylic acids is 1. The van der Waals surface area contributed by atoms with E-state index in [-0.39, 0.29) is 18.6 Å². The SMILES string of the molecule is CCC(CC)C(=O)Nc1nc(-c2ccc3c(c2)OCO3)cs1. The molecule has 0 saturated carbocycles. The predicted molar refractivity (Wildman–Crippen MR) is 86.4 cm³/mol. The van der Waals surface area contributed by atoms with Gasteiger partial charge in [-0.25, -0.2) is 4.98 Å². The molecule has 1 amide bonds. The van der Waals surface area contributed by atoms with Crippen LogP contribution in [0.25, 0.3) is 11.3 Å². The molecule has 22 heavy (non-hydrogen) atoms. The van der Waals surface area contributed by atoms with Crippen LogP contribution in [0, 0.1) is 5.92 Å². The number of fused-ring (bicyclic) bond motifs is 1. The molecule has 1 aromatic carbocycles. The molecule has 0 unspecified atom stereocenters. The van der Waals surface area contributed by atoms with E-state index in [0.29, 0.717) is 5.13 Å². The highest BCUT2D eigenvalue weighted by Gasteiger charge is 2.17. The Bertz CT molecular complexity index is 680. The highest BCUT2D eigenvalue weighted by Crippen LogP contribution is 2.36. The van der Waals surface area contributed by atoms with Crippen LogP contribution < -0.4 is 14.8 Å². The Balaban J connectivity index is 1.75. The van der Waals surface area contributed by atoms with Crippen LogP contribution in [0.4, 0.5) is 5.13 Å². The Kier molecular flexibility index (Phi) is 4.29. The van der Waals surface area contributed by atoms with Crippen LogP contribution in [0.5, 0.6) is 11.5 Å². The molecule has 0 saturated heterocycles. The molecule has 1 N–H and O–H groups in total. The molecule has 0 fully saturated rings. The lowest BCUT2D eigenvalue weighted by molar-refractivity contribution is -0.120. The van der Waals surface area contributed by atoms with Gasteiger partial charge in [-0.05, 0) is 31.0 Å². The summed E-state index contributed by atoms with van der Waals surface area (Å²) >= 11 is 1.43. The van der Waals surface area contributed by atoms with Gasteiger partial charge in [0.05, 0.1) is 5.69 Å². The van der Waals surface area contributed by atoms with Crippen molar-refractivity contribution in [1.29, 1.82) is 0 Å². The average molecular weight is 318 g/mol. The van der Waals surface area contributed by atoms with Crippen molar-refractivity contribution in [3.05, 3.63) is 23.6 Å². The topological polar surface area (TPSA) is 60.5 Å². The van der Waals surface area contributed by atoms with Crippen molar-refractivity contribution in [2.45, 2.75) is 26.7 Å². The minimum Gasteiger partial charge on any atom is -0.454 e. The second-order valence-electron chi connectivity index (χ2n) is 5.11. The first-order valence-corrected chi connectivity index (χ1v) is 8.25. The van der Waals surface area contributed by atoms with E-state index in [9.17, 15) is 4.79 Å². The zero-order valence-electron chi connectivity index (χ0n) is 12.6. The van der Waals surface area contributed by atoms with Crippen molar-refractivity contribution in [1.82, 2.24) is 4.98 Å². The lowest BCUT2D eigenvalue weighted by Gasteiger charge is -2.10. The number of thiazole rings is 1. The van der Waals surface area contributed by atoms with Gasteiger partial charge in [0.25, 0.3) is 0 Å². The Labute approximate surface area is 133 Å². The number of aromatic nitrogens is 1. The number of nitrogens with zero attached hydrogens (tertiary/aromatic N) is 1. The third kappa shape index (κ3) is 2.92. The first kappa shape index (κ1) is 14.8. The Morgan fingerprint density at radius 3 is 2.86 bits per heavy atom. The summed E-state index contributed by atoms with van der Waals surface area (Å²) in [6.07, 6.45) is 1.67. The normalized spacial score (nSPS) is 12.7. The molecule has 0 aliphatic carbocycles. The van der Waals surface area contributed by atoms with Gasteiger partial charge in [-0.2, -0.15) is 0 Å². The van der Waals surface area contributed by atoms with Gasteiger partial charge in [0, 0.05) is 16.9 Å². The number of amides is 1. The Hall–Kier alpha value is -2.08. The number of nitrogens with one attached hydrogen (secondary N) is 1. The van der Waals surface area contributed by atoms with E-state index in [4.69, 9.17) is 9.47 Å². The van der Waals surface area contributed by atoms with E-state index in [0.717, 1.165) is 35.6 Å².